The van der Waals surface area contributed by atoms with Crippen molar-refractivity contribution in [2.45, 2.75) is 31.2 Å². The highest BCUT2D eigenvalue weighted by atomic mass is 35.5. The van der Waals surface area contributed by atoms with Gasteiger partial charge in [0.1, 0.15) is 10.7 Å². The quantitative estimate of drug-likeness (QED) is 0.841. The van der Waals surface area contributed by atoms with Gasteiger partial charge in [0.25, 0.3) is 5.91 Å². The molecular formula is C17H18ClFN2O3S. The second-order valence-electron chi connectivity index (χ2n) is 6.43. The first kappa shape index (κ1) is 19.4. The Morgan fingerprint density at radius 3 is 2.40 bits per heavy atom. The second-order valence-corrected chi connectivity index (χ2v) is 8.52. The molecular weight excluding hydrogens is 367 g/mol. The van der Waals surface area contributed by atoms with E-state index in [1.165, 1.54) is 30.3 Å². The monoisotopic (exact) mass is 384 g/mol. The van der Waals surface area contributed by atoms with Crippen LogP contribution in [0.25, 0.3) is 0 Å². The zero-order valence-corrected chi connectivity index (χ0v) is 15.5. The number of anilines is 1. The Morgan fingerprint density at radius 1 is 1.12 bits per heavy atom. The van der Waals surface area contributed by atoms with E-state index in [4.69, 9.17) is 11.6 Å². The van der Waals surface area contributed by atoms with Gasteiger partial charge in [-0.3, -0.25) is 4.79 Å². The number of benzene rings is 2. The third-order valence-corrected chi connectivity index (χ3v) is 5.09. The Balaban J connectivity index is 2.39. The van der Waals surface area contributed by atoms with Crippen LogP contribution in [0.15, 0.2) is 47.4 Å². The number of para-hydroxylation sites is 1. The number of carbonyl (C=O) groups excluding carboxylic acids is 1. The zero-order chi connectivity index (χ0) is 18.8. The summed E-state index contributed by atoms with van der Waals surface area (Å²) in [7, 11) is -3.88. The van der Waals surface area contributed by atoms with Gasteiger partial charge in [-0.05, 0) is 51.1 Å². The summed E-state index contributed by atoms with van der Waals surface area (Å²) in [6.07, 6.45) is 0. The number of sulfonamides is 1. The molecule has 2 aromatic carbocycles. The lowest BCUT2D eigenvalue weighted by Crippen LogP contribution is -2.40. The molecule has 0 unspecified atom stereocenters. The Kier molecular flexibility index (Phi) is 5.51. The van der Waals surface area contributed by atoms with Gasteiger partial charge in [0.15, 0.2) is 0 Å². The van der Waals surface area contributed by atoms with Crippen molar-refractivity contribution in [1.29, 1.82) is 0 Å². The predicted molar refractivity (Wildman–Crippen MR) is 95.9 cm³/mol. The molecule has 2 rings (SSSR count). The van der Waals surface area contributed by atoms with E-state index in [1.54, 1.807) is 26.8 Å². The van der Waals surface area contributed by atoms with Crippen molar-refractivity contribution in [3.8, 4) is 0 Å². The average molecular weight is 385 g/mol. The Hall–Kier alpha value is -1.96. The first-order chi connectivity index (χ1) is 11.5. The van der Waals surface area contributed by atoms with Gasteiger partial charge in [0.2, 0.25) is 10.0 Å². The predicted octanol–water partition coefficient (Wildman–Crippen LogP) is 3.81. The van der Waals surface area contributed by atoms with Crippen molar-refractivity contribution >= 4 is 33.2 Å². The van der Waals surface area contributed by atoms with Crippen molar-refractivity contribution in [2.24, 2.45) is 0 Å². The molecule has 1 amide bonds. The van der Waals surface area contributed by atoms with Gasteiger partial charge in [0.05, 0.1) is 11.3 Å². The zero-order valence-electron chi connectivity index (χ0n) is 13.9. The summed E-state index contributed by atoms with van der Waals surface area (Å²) in [6, 6.07) is 9.46. The number of hydrogen-bond acceptors (Lipinski definition) is 3. The SMILES string of the molecule is CC(C)(C)NS(=O)(=O)c1ccccc1NC(=O)c1cc(Cl)ccc1F. The third-order valence-electron chi connectivity index (χ3n) is 3.04. The van der Waals surface area contributed by atoms with E-state index in [2.05, 4.69) is 10.0 Å². The molecule has 0 heterocycles. The van der Waals surface area contributed by atoms with Crippen molar-refractivity contribution in [3.63, 3.8) is 0 Å². The number of nitrogens with one attached hydrogen (secondary N) is 2. The van der Waals surface area contributed by atoms with Crippen molar-refractivity contribution in [2.75, 3.05) is 5.32 Å². The molecule has 2 aromatic rings. The van der Waals surface area contributed by atoms with Crippen LogP contribution in [0.1, 0.15) is 31.1 Å². The number of hydrogen-bond donors (Lipinski definition) is 2. The van der Waals surface area contributed by atoms with Gasteiger partial charge in [-0.1, -0.05) is 23.7 Å². The number of rotatable bonds is 4. The summed E-state index contributed by atoms with van der Waals surface area (Å²) < 4.78 is 41.4. The van der Waals surface area contributed by atoms with E-state index >= 15 is 0 Å². The molecule has 0 aliphatic heterocycles. The van der Waals surface area contributed by atoms with Crippen LogP contribution in [0.4, 0.5) is 10.1 Å². The van der Waals surface area contributed by atoms with Crippen LogP contribution in [-0.2, 0) is 10.0 Å². The molecule has 0 bridgehead atoms. The highest BCUT2D eigenvalue weighted by Crippen LogP contribution is 2.24. The maximum atomic E-state index is 13.8. The first-order valence-corrected chi connectivity index (χ1v) is 9.25. The summed E-state index contributed by atoms with van der Waals surface area (Å²) in [5.41, 5.74) is -0.929. The maximum absolute atomic E-state index is 13.8. The summed E-state index contributed by atoms with van der Waals surface area (Å²) in [4.78, 5) is 12.2. The molecule has 0 fully saturated rings. The Labute approximate surface area is 151 Å². The van der Waals surface area contributed by atoms with Crippen LogP contribution in [0.5, 0.6) is 0 Å². The molecule has 0 saturated carbocycles. The van der Waals surface area contributed by atoms with Crippen molar-refractivity contribution in [3.05, 3.63) is 58.9 Å². The maximum Gasteiger partial charge on any atom is 0.258 e. The normalized spacial score (nSPS) is 12.0. The van der Waals surface area contributed by atoms with E-state index in [9.17, 15) is 17.6 Å². The lowest BCUT2D eigenvalue weighted by atomic mass is 10.1. The molecule has 0 radical (unpaired) electrons. The Morgan fingerprint density at radius 2 is 1.76 bits per heavy atom. The number of amides is 1. The minimum Gasteiger partial charge on any atom is -0.321 e. The topological polar surface area (TPSA) is 75.3 Å². The lowest BCUT2D eigenvalue weighted by molar-refractivity contribution is 0.102. The van der Waals surface area contributed by atoms with Gasteiger partial charge >= 0.3 is 0 Å². The molecule has 134 valence electrons. The fraction of sp³-hybridized carbons (Fsp3) is 0.235. The first-order valence-electron chi connectivity index (χ1n) is 7.39. The van der Waals surface area contributed by atoms with E-state index < -0.39 is 27.3 Å². The highest BCUT2D eigenvalue weighted by molar-refractivity contribution is 7.89. The molecule has 8 heteroatoms. The minimum absolute atomic E-state index is 0.0450. The second kappa shape index (κ2) is 7.11. The summed E-state index contributed by atoms with van der Waals surface area (Å²) in [5.74, 6) is -1.55. The van der Waals surface area contributed by atoms with Crippen LogP contribution < -0.4 is 10.0 Å². The van der Waals surface area contributed by atoms with Crippen molar-refractivity contribution in [1.82, 2.24) is 4.72 Å². The average Bonchev–Trinajstić information content (AvgIpc) is 2.47. The van der Waals surface area contributed by atoms with E-state index in [0.29, 0.717) is 0 Å². The number of carbonyl (C=O) groups is 1. The van der Waals surface area contributed by atoms with Gasteiger partial charge < -0.3 is 5.32 Å². The van der Waals surface area contributed by atoms with E-state index in [0.717, 1.165) is 6.07 Å². The fourth-order valence-electron chi connectivity index (χ4n) is 2.12. The largest absolute Gasteiger partial charge is 0.321 e. The van der Waals surface area contributed by atoms with Gasteiger partial charge in [-0.25, -0.2) is 17.5 Å². The molecule has 0 spiro atoms. The van der Waals surface area contributed by atoms with E-state index in [1.807, 2.05) is 0 Å². The molecule has 5 nitrogen and oxygen atoms in total. The molecule has 0 atom stereocenters. The minimum atomic E-state index is -3.88. The van der Waals surface area contributed by atoms with Crippen LogP contribution in [0.2, 0.25) is 5.02 Å². The number of halogens is 2. The lowest BCUT2D eigenvalue weighted by Gasteiger charge is -2.21. The van der Waals surface area contributed by atoms with Crippen LogP contribution in [0.3, 0.4) is 0 Å². The molecule has 0 aliphatic carbocycles. The van der Waals surface area contributed by atoms with Crippen LogP contribution in [0, 0.1) is 5.82 Å². The molecule has 25 heavy (non-hydrogen) atoms. The molecule has 0 aromatic heterocycles. The van der Waals surface area contributed by atoms with Crippen molar-refractivity contribution < 1.29 is 17.6 Å². The Bertz CT molecular complexity index is 908. The molecule has 2 N–H and O–H groups in total. The van der Waals surface area contributed by atoms with Crippen LogP contribution in [-0.4, -0.2) is 19.9 Å². The molecule has 0 aliphatic rings. The third kappa shape index (κ3) is 5.01. The van der Waals surface area contributed by atoms with Gasteiger partial charge in [-0.2, -0.15) is 0 Å². The summed E-state index contributed by atoms with van der Waals surface area (Å²) >= 11 is 5.79. The standard InChI is InChI=1S/C17H18ClFN2O3S/c1-17(2,3)21-25(23,24)15-7-5-4-6-14(15)20-16(22)12-10-11(18)8-9-13(12)19/h4-10,21H,1-3H3,(H,20,22). The smallest absolute Gasteiger partial charge is 0.258 e. The van der Waals surface area contributed by atoms with E-state index in [-0.39, 0.29) is 21.2 Å². The summed E-state index contributed by atoms with van der Waals surface area (Å²) in [5, 5.41) is 2.63. The van der Waals surface area contributed by atoms with Gasteiger partial charge in [0, 0.05) is 10.6 Å². The summed E-state index contributed by atoms with van der Waals surface area (Å²) in [6.45, 7) is 5.10. The molecule has 0 saturated heterocycles. The fourth-order valence-corrected chi connectivity index (χ4v) is 3.88. The van der Waals surface area contributed by atoms with Gasteiger partial charge in [-0.15, -0.1) is 0 Å². The van der Waals surface area contributed by atoms with Crippen LogP contribution >= 0.6 is 11.6 Å². The highest BCUT2D eigenvalue weighted by Gasteiger charge is 2.25.